The number of nitro groups is 1. The van der Waals surface area contributed by atoms with Gasteiger partial charge in [-0.25, -0.2) is 9.59 Å². The normalized spacial score (nSPS) is 12.5. The quantitative estimate of drug-likeness (QED) is 0.154. The Morgan fingerprint density at radius 3 is 2.53 bits per heavy atom. The number of hydrogen-bond acceptors (Lipinski definition) is 11. The number of esters is 1. The van der Waals surface area contributed by atoms with E-state index in [4.69, 9.17) is 9.47 Å². The Balaban J connectivity index is 2.57. The number of aliphatic hydroxyl groups excluding tert-OH is 1. The summed E-state index contributed by atoms with van der Waals surface area (Å²) in [6, 6.07) is 2.88. The van der Waals surface area contributed by atoms with Crippen molar-refractivity contribution in [2.45, 2.75) is 38.1 Å². The van der Waals surface area contributed by atoms with Gasteiger partial charge in [-0.3, -0.25) is 10.1 Å². The number of aryl methyl sites for hydroxylation is 1. The minimum atomic E-state index is -1.57. The van der Waals surface area contributed by atoms with Gasteiger partial charge in [-0.2, -0.15) is 9.97 Å². The summed E-state index contributed by atoms with van der Waals surface area (Å²) in [5.41, 5.74) is 0.0849. The first-order chi connectivity index (χ1) is 15.1. The molecule has 0 saturated carbocycles. The number of rotatable bonds is 10. The Morgan fingerprint density at radius 1 is 1.31 bits per heavy atom. The average Bonchev–Trinajstić information content (AvgIpc) is 2.70. The number of carbonyl (C=O) groups excluding carboxylic acids is 1. The Morgan fingerprint density at radius 2 is 2.00 bits per heavy atom. The molecule has 1 aromatic heterocycles. The van der Waals surface area contributed by atoms with E-state index >= 15 is 0 Å². The molecule has 32 heavy (non-hydrogen) atoms. The first-order valence-corrected chi connectivity index (χ1v) is 10.5. The molecular formula is C19H22N4O8S. The number of aliphatic hydroxyl groups is 1. The third-order valence-corrected chi connectivity index (χ3v) is 4.56. The van der Waals surface area contributed by atoms with Crippen LogP contribution in [-0.4, -0.2) is 62.1 Å². The Kier molecular flexibility index (Phi) is 8.32. The molecule has 0 bridgehead atoms. The molecule has 13 heteroatoms. The molecule has 0 saturated heterocycles. The summed E-state index contributed by atoms with van der Waals surface area (Å²) in [7, 11) is 0. The number of thioether (sulfide) groups is 1. The lowest BCUT2D eigenvalue weighted by molar-refractivity contribution is -0.385. The van der Waals surface area contributed by atoms with Crippen molar-refractivity contribution in [3.05, 3.63) is 39.4 Å². The largest absolute Gasteiger partial charge is 0.480 e. The van der Waals surface area contributed by atoms with Crippen molar-refractivity contribution in [2.75, 3.05) is 18.2 Å². The molecule has 0 amide bonds. The second-order valence-corrected chi connectivity index (χ2v) is 7.30. The van der Waals surface area contributed by atoms with Gasteiger partial charge in [-0.15, -0.1) is 0 Å². The van der Waals surface area contributed by atoms with Crippen LogP contribution in [0.15, 0.2) is 23.4 Å². The predicted molar refractivity (Wildman–Crippen MR) is 114 cm³/mol. The fourth-order valence-corrected chi connectivity index (χ4v) is 2.99. The van der Waals surface area contributed by atoms with Gasteiger partial charge in [0.15, 0.2) is 11.2 Å². The van der Waals surface area contributed by atoms with E-state index in [1.165, 1.54) is 19.1 Å². The molecule has 0 aliphatic heterocycles. The van der Waals surface area contributed by atoms with Gasteiger partial charge < -0.3 is 25.0 Å². The van der Waals surface area contributed by atoms with Crippen LogP contribution in [0.25, 0.3) is 0 Å². The second-order valence-electron chi connectivity index (χ2n) is 6.53. The highest BCUT2D eigenvalue weighted by atomic mass is 32.2. The monoisotopic (exact) mass is 466 g/mol. The van der Waals surface area contributed by atoms with Crippen LogP contribution in [0.2, 0.25) is 0 Å². The molecule has 0 radical (unpaired) electrons. The molecule has 172 valence electrons. The average molecular weight is 466 g/mol. The van der Waals surface area contributed by atoms with E-state index in [-0.39, 0.29) is 23.1 Å². The first kappa shape index (κ1) is 24.8. The summed E-state index contributed by atoms with van der Waals surface area (Å²) in [6.07, 6.45) is 0.233. The number of carboxylic acids is 1. The van der Waals surface area contributed by atoms with Crippen LogP contribution < -0.4 is 10.1 Å². The fraction of sp³-hybridized carbons (Fsp3) is 0.368. The molecule has 2 rings (SSSR count). The van der Waals surface area contributed by atoms with Crippen LogP contribution in [0.3, 0.4) is 0 Å². The van der Waals surface area contributed by atoms with Crippen molar-refractivity contribution in [2.24, 2.45) is 0 Å². The number of hydrogen-bond donors (Lipinski definition) is 3. The van der Waals surface area contributed by atoms with Crippen LogP contribution in [0.4, 0.5) is 11.5 Å². The maximum Gasteiger partial charge on any atom is 0.373 e. The van der Waals surface area contributed by atoms with Crippen molar-refractivity contribution in [3.63, 3.8) is 0 Å². The summed E-state index contributed by atoms with van der Waals surface area (Å²) < 4.78 is 10.6. The molecule has 1 heterocycles. The number of ether oxygens (including phenoxy) is 2. The molecule has 0 spiro atoms. The van der Waals surface area contributed by atoms with E-state index in [1.807, 2.05) is 0 Å². The number of carbonyl (C=O) groups is 2. The van der Waals surface area contributed by atoms with Gasteiger partial charge in [0.2, 0.25) is 5.82 Å². The van der Waals surface area contributed by atoms with Crippen LogP contribution in [0.5, 0.6) is 11.6 Å². The maximum atomic E-state index is 12.1. The highest BCUT2D eigenvalue weighted by Crippen LogP contribution is 2.37. The third kappa shape index (κ3) is 6.04. The van der Waals surface area contributed by atoms with Crippen LogP contribution >= 0.6 is 11.8 Å². The lowest BCUT2D eigenvalue weighted by Gasteiger charge is -2.18. The number of nitrogens with one attached hydrogen (secondary N) is 1. The fourth-order valence-electron chi connectivity index (χ4n) is 2.63. The molecule has 0 aliphatic carbocycles. The van der Waals surface area contributed by atoms with Crippen molar-refractivity contribution < 1.29 is 34.2 Å². The molecule has 0 aliphatic rings. The lowest BCUT2D eigenvalue weighted by Crippen LogP contribution is -2.39. The van der Waals surface area contributed by atoms with Crippen LogP contribution in [0.1, 0.15) is 29.8 Å². The molecular weight excluding hydrogens is 444 g/mol. The van der Waals surface area contributed by atoms with Crippen molar-refractivity contribution in [1.29, 1.82) is 0 Å². The number of aromatic nitrogens is 2. The number of anilines is 1. The zero-order valence-electron chi connectivity index (χ0n) is 17.7. The van der Waals surface area contributed by atoms with Gasteiger partial charge in [-0.1, -0.05) is 11.8 Å². The zero-order valence-corrected chi connectivity index (χ0v) is 18.5. The molecule has 2 aromatic rings. The molecule has 0 fully saturated rings. The minimum Gasteiger partial charge on any atom is -0.480 e. The third-order valence-electron chi connectivity index (χ3n) is 4.01. The smallest absolute Gasteiger partial charge is 0.373 e. The summed E-state index contributed by atoms with van der Waals surface area (Å²) >= 11 is 1.04. The van der Waals surface area contributed by atoms with E-state index in [0.717, 1.165) is 11.8 Å². The highest BCUT2D eigenvalue weighted by molar-refractivity contribution is 7.98. The van der Waals surface area contributed by atoms with E-state index < -0.39 is 46.4 Å². The van der Waals surface area contributed by atoms with Crippen molar-refractivity contribution in [1.82, 2.24) is 9.97 Å². The molecule has 12 nitrogen and oxygen atoms in total. The summed E-state index contributed by atoms with van der Waals surface area (Å²) in [5, 5.41) is 33.3. The van der Waals surface area contributed by atoms with Crippen molar-refractivity contribution in [3.8, 4) is 11.6 Å². The predicted octanol–water partition coefficient (Wildman–Crippen LogP) is 2.63. The first-order valence-electron chi connectivity index (χ1n) is 9.31. The zero-order chi connectivity index (χ0) is 24.0. The minimum absolute atomic E-state index is 0.0566. The van der Waals surface area contributed by atoms with Gasteiger partial charge in [-0.05, 0) is 50.8 Å². The Bertz CT molecular complexity index is 1030. The highest BCUT2D eigenvalue weighted by Gasteiger charge is 2.32. The molecule has 2 unspecified atom stereocenters. The number of aliphatic carboxylic acids is 1. The maximum absolute atomic E-state index is 12.1. The Hall–Kier alpha value is -3.45. The van der Waals surface area contributed by atoms with E-state index in [2.05, 4.69) is 15.3 Å². The van der Waals surface area contributed by atoms with Gasteiger partial charge in [0.1, 0.15) is 5.75 Å². The lowest BCUT2D eigenvalue weighted by atomic mass is 10.1. The van der Waals surface area contributed by atoms with Crippen LogP contribution in [-0.2, 0) is 9.53 Å². The van der Waals surface area contributed by atoms with E-state index in [1.54, 1.807) is 26.2 Å². The summed E-state index contributed by atoms with van der Waals surface area (Å²) in [4.78, 5) is 42.5. The molecule has 3 N–H and O–H groups in total. The van der Waals surface area contributed by atoms with Gasteiger partial charge >= 0.3 is 23.5 Å². The number of benzene rings is 1. The van der Waals surface area contributed by atoms with Crippen LogP contribution in [0, 0.1) is 17.0 Å². The summed E-state index contributed by atoms with van der Waals surface area (Å²) in [6.45, 7) is 4.74. The molecule has 1 aromatic carbocycles. The Labute approximate surface area is 187 Å². The number of carboxylic acid groups (broad SMARTS) is 1. The number of nitrogens with zero attached hydrogens (tertiary/aromatic N) is 3. The van der Waals surface area contributed by atoms with E-state index in [9.17, 15) is 29.9 Å². The topological polar surface area (TPSA) is 174 Å². The second kappa shape index (κ2) is 10.7. The van der Waals surface area contributed by atoms with E-state index in [0.29, 0.717) is 5.56 Å². The molecule has 2 atom stereocenters. The van der Waals surface area contributed by atoms with Gasteiger partial charge in [0.05, 0.1) is 23.2 Å². The standard InChI is InChI=1S/C19H22N4O8S/c1-5-30-18(27)11-6-9(2)7-12(8-11)31-16-14(23(28)29)15(21-19(22-16)32-4)20-13(10(3)24)17(25)26/h6-8,10,13,24H,5H2,1-4H3,(H,25,26)(H,20,21,22). The summed E-state index contributed by atoms with van der Waals surface area (Å²) in [5.74, 6) is -2.84. The van der Waals surface area contributed by atoms with Gasteiger partial charge in [0.25, 0.3) is 0 Å². The van der Waals surface area contributed by atoms with Crippen molar-refractivity contribution >= 4 is 35.2 Å². The van der Waals surface area contributed by atoms with Gasteiger partial charge in [0, 0.05) is 0 Å². The SMILES string of the molecule is CCOC(=O)c1cc(C)cc(Oc2nc(SC)nc(NC(C(=O)O)C(C)O)c2[N+](=O)[O-])c1.